The highest BCUT2D eigenvalue weighted by Gasteiger charge is 2.22. The standard InChI is InChI=1S/C12H16F2N2/c1-15-9-5-7-16(8-6-9)12-10(13)3-2-4-11(12)14/h2-4,9,15H,5-8H2,1H3. The van der Waals surface area contributed by atoms with Gasteiger partial charge in [-0.3, -0.25) is 0 Å². The van der Waals surface area contributed by atoms with Crippen LogP contribution in [0.15, 0.2) is 18.2 Å². The fourth-order valence-electron chi connectivity index (χ4n) is 2.18. The lowest BCUT2D eigenvalue weighted by atomic mass is 10.0. The average molecular weight is 226 g/mol. The Balaban J connectivity index is 2.14. The first kappa shape index (κ1) is 11.3. The molecule has 0 unspecified atom stereocenters. The van der Waals surface area contributed by atoms with Gasteiger partial charge in [-0.05, 0) is 32.0 Å². The lowest BCUT2D eigenvalue weighted by molar-refractivity contribution is 0.434. The van der Waals surface area contributed by atoms with Crippen molar-refractivity contribution in [2.45, 2.75) is 18.9 Å². The van der Waals surface area contributed by atoms with E-state index in [1.807, 2.05) is 7.05 Å². The maximum absolute atomic E-state index is 13.5. The number of hydrogen-bond acceptors (Lipinski definition) is 2. The van der Waals surface area contributed by atoms with Crippen LogP contribution in [0.5, 0.6) is 0 Å². The summed E-state index contributed by atoms with van der Waals surface area (Å²) in [6, 6.07) is 4.48. The second kappa shape index (κ2) is 4.78. The molecule has 16 heavy (non-hydrogen) atoms. The minimum atomic E-state index is -0.470. The van der Waals surface area contributed by atoms with Crippen LogP contribution in [-0.4, -0.2) is 26.2 Å². The monoisotopic (exact) mass is 226 g/mol. The van der Waals surface area contributed by atoms with Gasteiger partial charge in [0.2, 0.25) is 0 Å². The van der Waals surface area contributed by atoms with E-state index >= 15 is 0 Å². The van der Waals surface area contributed by atoms with Gasteiger partial charge >= 0.3 is 0 Å². The third-order valence-electron chi connectivity index (χ3n) is 3.16. The van der Waals surface area contributed by atoms with Crippen molar-refractivity contribution >= 4 is 5.69 Å². The van der Waals surface area contributed by atoms with Crippen molar-refractivity contribution < 1.29 is 8.78 Å². The van der Waals surface area contributed by atoms with Crippen molar-refractivity contribution in [2.75, 3.05) is 25.0 Å². The fourth-order valence-corrected chi connectivity index (χ4v) is 2.18. The molecule has 0 amide bonds. The Morgan fingerprint density at radius 3 is 2.25 bits per heavy atom. The number of nitrogens with zero attached hydrogens (tertiary/aromatic N) is 1. The minimum absolute atomic E-state index is 0.122. The summed E-state index contributed by atoms with van der Waals surface area (Å²) in [5, 5.41) is 3.19. The number of benzene rings is 1. The molecule has 1 heterocycles. The Labute approximate surface area is 94.3 Å². The molecule has 1 N–H and O–H groups in total. The van der Waals surface area contributed by atoms with Gasteiger partial charge in [-0.15, -0.1) is 0 Å². The summed E-state index contributed by atoms with van der Waals surface area (Å²) in [5.41, 5.74) is 0.122. The highest BCUT2D eigenvalue weighted by Crippen LogP contribution is 2.26. The number of rotatable bonds is 2. The lowest BCUT2D eigenvalue weighted by Crippen LogP contribution is -2.41. The second-order valence-electron chi connectivity index (χ2n) is 4.12. The Kier molecular flexibility index (Phi) is 3.39. The first-order valence-corrected chi connectivity index (χ1v) is 5.58. The topological polar surface area (TPSA) is 15.3 Å². The smallest absolute Gasteiger partial charge is 0.149 e. The third kappa shape index (κ3) is 2.16. The van der Waals surface area contributed by atoms with Crippen molar-refractivity contribution in [1.29, 1.82) is 0 Å². The summed E-state index contributed by atoms with van der Waals surface area (Å²) >= 11 is 0. The van der Waals surface area contributed by atoms with Crippen LogP contribution in [0.3, 0.4) is 0 Å². The van der Waals surface area contributed by atoms with Crippen LogP contribution in [0.25, 0.3) is 0 Å². The highest BCUT2D eigenvalue weighted by molar-refractivity contribution is 5.49. The van der Waals surface area contributed by atoms with E-state index in [2.05, 4.69) is 5.32 Å². The van der Waals surface area contributed by atoms with Gasteiger partial charge in [-0.2, -0.15) is 0 Å². The van der Waals surface area contributed by atoms with E-state index in [1.54, 1.807) is 4.90 Å². The largest absolute Gasteiger partial charge is 0.367 e. The molecule has 1 aliphatic heterocycles. The Morgan fingerprint density at radius 2 is 1.75 bits per heavy atom. The molecule has 1 aliphatic rings. The Morgan fingerprint density at radius 1 is 1.19 bits per heavy atom. The molecule has 1 fully saturated rings. The van der Waals surface area contributed by atoms with Crippen molar-refractivity contribution in [3.05, 3.63) is 29.8 Å². The van der Waals surface area contributed by atoms with Gasteiger partial charge in [-0.1, -0.05) is 6.07 Å². The molecule has 0 bridgehead atoms. The van der Waals surface area contributed by atoms with Crippen molar-refractivity contribution in [3.63, 3.8) is 0 Å². The molecular formula is C12H16F2N2. The Bertz CT molecular complexity index is 340. The molecule has 4 heteroatoms. The van der Waals surface area contributed by atoms with Gasteiger partial charge < -0.3 is 10.2 Å². The van der Waals surface area contributed by atoms with E-state index in [-0.39, 0.29) is 5.69 Å². The van der Waals surface area contributed by atoms with Crippen molar-refractivity contribution in [1.82, 2.24) is 5.32 Å². The summed E-state index contributed by atoms with van der Waals surface area (Å²) in [7, 11) is 1.92. The molecule has 0 aromatic heterocycles. The van der Waals surface area contributed by atoms with Crippen LogP contribution >= 0.6 is 0 Å². The number of anilines is 1. The van der Waals surface area contributed by atoms with Gasteiger partial charge in [0.25, 0.3) is 0 Å². The zero-order valence-corrected chi connectivity index (χ0v) is 9.34. The predicted molar refractivity (Wildman–Crippen MR) is 60.7 cm³/mol. The molecule has 0 saturated carbocycles. The van der Waals surface area contributed by atoms with E-state index in [9.17, 15) is 8.78 Å². The average Bonchev–Trinajstić information content (AvgIpc) is 2.30. The van der Waals surface area contributed by atoms with Gasteiger partial charge in [0.1, 0.15) is 17.3 Å². The fraction of sp³-hybridized carbons (Fsp3) is 0.500. The van der Waals surface area contributed by atoms with Crippen LogP contribution in [-0.2, 0) is 0 Å². The van der Waals surface area contributed by atoms with Gasteiger partial charge in [0.05, 0.1) is 0 Å². The normalized spacial score (nSPS) is 17.8. The molecule has 0 aliphatic carbocycles. The summed E-state index contributed by atoms with van der Waals surface area (Å²) in [6.07, 6.45) is 1.84. The second-order valence-corrected chi connectivity index (χ2v) is 4.12. The molecule has 88 valence electrons. The number of para-hydroxylation sites is 1. The molecule has 1 aromatic carbocycles. The van der Waals surface area contributed by atoms with Crippen molar-refractivity contribution in [3.8, 4) is 0 Å². The summed E-state index contributed by atoms with van der Waals surface area (Å²) in [5.74, 6) is -0.939. The lowest BCUT2D eigenvalue weighted by Gasteiger charge is -2.33. The van der Waals surface area contributed by atoms with Gasteiger partial charge in [0.15, 0.2) is 0 Å². The van der Waals surface area contributed by atoms with E-state index < -0.39 is 11.6 Å². The third-order valence-corrected chi connectivity index (χ3v) is 3.16. The molecule has 2 nitrogen and oxygen atoms in total. The zero-order valence-electron chi connectivity index (χ0n) is 9.34. The first-order valence-electron chi connectivity index (χ1n) is 5.58. The van der Waals surface area contributed by atoms with Crippen molar-refractivity contribution in [2.24, 2.45) is 0 Å². The summed E-state index contributed by atoms with van der Waals surface area (Å²) < 4.78 is 27.0. The maximum atomic E-state index is 13.5. The molecule has 1 aromatic rings. The number of nitrogens with one attached hydrogen (secondary N) is 1. The summed E-state index contributed by atoms with van der Waals surface area (Å²) in [4.78, 5) is 1.79. The number of piperidine rings is 1. The SMILES string of the molecule is CNC1CCN(c2c(F)cccc2F)CC1. The van der Waals surface area contributed by atoms with E-state index in [1.165, 1.54) is 18.2 Å². The Hall–Kier alpha value is -1.16. The van der Waals surface area contributed by atoms with Gasteiger partial charge in [-0.25, -0.2) is 8.78 Å². The molecule has 0 atom stereocenters. The zero-order chi connectivity index (χ0) is 11.5. The number of hydrogen-bond donors (Lipinski definition) is 1. The molecular weight excluding hydrogens is 210 g/mol. The van der Waals surface area contributed by atoms with Crippen LogP contribution in [0.1, 0.15) is 12.8 Å². The minimum Gasteiger partial charge on any atom is -0.367 e. The van der Waals surface area contributed by atoms with Crippen LogP contribution in [0.4, 0.5) is 14.5 Å². The maximum Gasteiger partial charge on any atom is 0.149 e. The highest BCUT2D eigenvalue weighted by atomic mass is 19.1. The molecule has 2 rings (SSSR count). The quantitative estimate of drug-likeness (QED) is 0.831. The van der Waals surface area contributed by atoms with Crippen LogP contribution in [0.2, 0.25) is 0 Å². The van der Waals surface area contributed by atoms with Crippen LogP contribution in [0, 0.1) is 11.6 Å². The van der Waals surface area contributed by atoms with E-state index in [4.69, 9.17) is 0 Å². The molecule has 1 saturated heterocycles. The number of halogens is 2. The van der Waals surface area contributed by atoms with E-state index in [0.717, 1.165) is 12.8 Å². The molecule has 0 radical (unpaired) electrons. The first-order chi connectivity index (χ1) is 7.72. The van der Waals surface area contributed by atoms with E-state index in [0.29, 0.717) is 19.1 Å². The summed E-state index contributed by atoms with van der Waals surface area (Å²) in [6.45, 7) is 1.40. The van der Waals surface area contributed by atoms with Gasteiger partial charge in [0, 0.05) is 19.1 Å². The predicted octanol–water partition coefficient (Wildman–Crippen LogP) is 2.15. The van der Waals surface area contributed by atoms with Crippen LogP contribution < -0.4 is 10.2 Å². The molecule has 0 spiro atoms.